The Morgan fingerprint density at radius 2 is 2.24 bits per heavy atom. The number of aromatic nitrogens is 2. The molecule has 21 heavy (non-hydrogen) atoms. The predicted octanol–water partition coefficient (Wildman–Crippen LogP) is 2.48. The van der Waals surface area contributed by atoms with E-state index in [0.717, 1.165) is 36.5 Å². The minimum atomic E-state index is 0.110. The number of hydrogen-bond acceptors (Lipinski definition) is 2. The zero-order valence-corrected chi connectivity index (χ0v) is 12.0. The monoisotopic (exact) mass is 282 g/mol. The standard InChI is InChI=1S/C16H18N4O/c1-11-14(18-10-17-11)9-19-7-6-13-8-12-4-2-3-5-15(12)20(13)16(19)21/h2-5,10,13H,6-9H2,1H3,(H,17,18). The van der Waals surface area contributed by atoms with Gasteiger partial charge in [-0.2, -0.15) is 0 Å². The van der Waals surface area contributed by atoms with E-state index in [9.17, 15) is 4.79 Å². The molecule has 1 N–H and O–H groups in total. The second-order valence-corrected chi connectivity index (χ2v) is 5.82. The van der Waals surface area contributed by atoms with E-state index >= 15 is 0 Å². The Bertz CT molecular complexity index is 693. The molecule has 1 aromatic heterocycles. The molecule has 2 aromatic rings. The van der Waals surface area contributed by atoms with E-state index in [2.05, 4.69) is 22.1 Å². The van der Waals surface area contributed by atoms with Gasteiger partial charge in [0, 0.05) is 24.0 Å². The fourth-order valence-corrected chi connectivity index (χ4v) is 3.38. The topological polar surface area (TPSA) is 52.2 Å². The van der Waals surface area contributed by atoms with Crippen LogP contribution in [0.3, 0.4) is 0 Å². The average Bonchev–Trinajstić information content (AvgIpc) is 3.06. The van der Waals surface area contributed by atoms with Gasteiger partial charge in [0.05, 0.1) is 18.6 Å². The van der Waals surface area contributed by atoms with Crippen LogP contribution in [-0.2, 0) is 13.0 Å². The van der Waals surface area contributed by atoms with Gasteiger partial charge in [0.2, 0.25) is 0 Å². The van der Waals surface area contributed by atoms with Crippen molar-refractivity contribution in [2.24, 2.45) is 0 Å². The van der Waals surface area contributed by atoms with Crippen LogP contribution in [0.25, 0.3) is 0 Å². The number of anilines is 1. The molecule has 1 atom stereocenters. The normalized spacial score (nSPS) is 20.6. The summed E-state index contributed by atoms with van der Waals surface area (Å²) in [4.78, 5) is 24.1. The van der Waals surface area contributed by atoms with E-state index in [1.807, 2.05) is 28.9 Å². The third-order valence-corrected chi connectivity index (χ3v) is 4.56. The molecule has 2 amide bonds. The largest absolute Gasteiger partial charge is 0.348 e. The number of aromatic amines is 1. The summed E-state index contributed by atoms with van der Waals surface area (Å²) in [7, 11) is 0. The quantitative estimate of drug-likeness (QED) is 0.920. The van der Waals surface area contributed by atoms with Crippen LogP contribution >= 0.6 is 0 Å². The number of para-hydroxylation sites is 1. The molecule has 1 fully saturated rings. The predicted molar refractivity (Wildman–Crippen MR) is 80.2 cm³/mol. The minimum Gasteiger partial charge on any atom is -0.348 e. The maximum atomic E-state index is 12.8. The summed E-state index contributed by atoms with van der Waals surface area (Å²) in [5.41, 5.74) is 4.35. The Kier molecular flexibility index (Phi) is 2.74. The summed E-state index contributed by atoms with van der Waals surface area (Å²) in [5, 5.41) is 0. The molecule has 0 bridgehead atoms. The molecule has 2 aliphatic heterocycles. The molecule has 2 aliphatic rings. The van der Waals surface area contributed by atoms with Crippen LogP contribution in [0.15, 0.2) is 30.6 Å². The highest BCUT2D eigenvalue weighted by Crippen LogP contribution is 2.36. The Balaban J connectivity index is 1.61. The number of H-pyrrole nitrogens is 1. The van der Waals surface area contributed by atoms with Gasteiger partial charge in [-0.15, -0.1) is 0 Å². The lowest BCUT2D eigenvalue weighted by Gasteiger charge is -2.37. The molecule has 5 heteroatoms. The number of hydrogen-bond donors (Lipinski definition) is 1. The molecule has 1 aromatic carbocycles. The van der Waals surface area contributed by atoms with Gasteiger partial charge in [-0.05, 0) is 31.4 Å². The van der Waals surface area contributed by atoms with Crippen LogP contribution < -0.4 is 4.90 Å². The fourth-order valence-electron chi connectivity index (χ4n) is 3.38. The summed E-state index contributed by atoms with van der Waals surface area (Å²) < 4.78 is 0. The maximum Gasteiger partial charge on any atom is 0.325 e. The Labute approximate surface area is 123 Å². The molecule has 5 nitrogen and oxygen atoms in total. The van der Waals surface area contributed by atoms with Crippen molar-refractivity contribution in [3.8, 4) is 0 Å². The van der Waals surface area contributed by atoms with Gasteiger partial charge in [0.1, 0.15) is 0 Å². The smallest absolute Gasteiger partial charge is 0.325 e. The number of nitrogens with one attached hydrogen (secondary N) is 1. The molecule has 0 saturated carbocycles. The summed E-state index contributed by atoms with van der Waals surface area (Å²) >= 11 is 0. The van der Waals surface area contributed by atoms with Crippen LogP contribution in [0, 0.1) is 6.92 Å². The fraction of sp³-hybridized carbons (Fsp3) is 0.375. The number of imidazole rings is 1. The van der Waals surface area contributed by atoms with Crippen molar-refractivity contribution in [3.63, 3.8) is 0 Å². The summed E-state index contributed by atoms with van der Waals surface area (Å²) in [6, 6.07) is 8.67. The van der Waals surface area contributed by atoms with Crippen molar-refractivity contribution in [2.75, 3.05) is 11.4 Å². The van der Waals surface area contributed by atoms with Crippen LogP contribution in [-0.4, -0.2) is 33.5 Å². The highest BCUT2D eigenvalue weighted by molar-refractivity contribution is 5.95. The van der Waals surface area contributed by atoms with E-state index in [-0.39, 0.29) is 6.03 Å². The van der Waals surface area contributed by atoms with Crippen molar-refractivity contribution in [1.82, 2.24) is 14.9 Å². The number of nitrogens with zero attached hydrogens (tertiary/aromatic N) is 3. The van der Waals surface area contributed by atoms with Gasteiger partial charge < -0.3 is 9.88 Å². The first-order chi connectivity index (χ1) is 10.2. The Morgan fingerprint density at radius 1 is 1.38 bits per heavy atom. The molecule has 1 saturated heterocycles. The van der Waals surface area contributed by atoms with Gasteiger partial charge in [0.15, 0.2) is 0 Å². The molecule has 108 valence electrons. The van der Waals surface area contributed by atoms with Gasteiger partial charge in [-0.3, -0.25) is 4.90 Å². The molecular weight excluding hydrogens is 264 g/mol. The minimum absolute atomic E-state index is 0.110. The lowest BCUT2D eigenvalue weighted by Crippen LogP contribution is -2.52. The van der Waals surface area contributed by atoms with Crippen molar-refractivity contribution in [1.29, 1.82) is 0 Å². The number of amides is 2. The zero-order chi connectivity index (χ0) is 14.4. The van der Waals surface area contributed by atoms with E-state index in [1.54, 1.807) is 6.33 Å². The van der Waals surface area contributed by atoms with Gasteiger partial charge in [0.25, 0.3) is 0 Å². The summed E-state index contributed by atoms with van der Waals surface area (Å²) in [6.07, 6.45) is 3.69. The number of carbonyl (C=O) groups is 1. The van der Waals surface area contributed by atoms with Gasteiger partial charge >= 0.3 is 6.03 Å². The first-order valence-corrected chi connectivity index (χ1v) is 7.39. The molecular formula is C16H18N4O. The number of rotatable bonds is 2. The third-order valence-electron chi connectivity index (χ3n) is 4.56. The highest BCUT2D eigenvalue weighted by atomic mass is 16.2. The van der Waals surface area contributed by atoms with Gasteiger partial charge in [-0.1, -0.05) is 18.2 Å². The Morgan fingerprint density at radius 3 is 3.05 bits per heavy atom. The number of carbonyl (C=O) groups excluding carboxylic acids is 1. The van der Waals surface area contributed by atoms with E-state index in [1.165, 1.54) is 5.56 Å². The van der Waals surface area contributed by atoms with Crippen molar-refractivity contribution in [2.45, 2.75) is 32.4 Å². The SMILES string of the molecule is Cc1[nH]cnc1CN1CCC2Cc3ccccc3N2C1=O. The second-order valence-electron chi connectivity index (χ2n) is 5.82. The summed E-state index contributed by atoms with van der Waals surface area (Å²) in [6.45, 7) is 3.38. The van der Waals surface area contributed by atoms with Crippen LogP contribution in [0.1, 0.15) is 23.4 Å². The van der Waals surface area contributed by atoms with E-state index < -0.39 is 0 Å². The number of aryl methyl sites for hydroxylation is 1. The van der Waals surface area contributed by atoms with E-state index in [4.69, 9.17) is 0 Å². The lowest BCUT2D eigenvalue weighted by molar-refractivity contribution is 0.184. The second kappa shape index (κ2) is 4.62. The number of urea groups is 1. The van der Waals surface area contributed by atoms with E-state index in [0.29, 0.717) is 12.6 Å². The summed E-state index contributed by atoms with van der Waals surface area (Å²) in [5.74, 6) is 0. The molecule has 4 rings (SSSR count). The van der Waals surface area contributed by atoms with Gasteiger partial charge in [-0.25, -0.2) is 9.78 Å². The van der Waals surface area contributed by atoms with Crippen molar-refractivity contribution >= 4 is 11.7 Å². The molecule has 0 spiro atoms. The van der Waals surface area contributed by atoms with Crippen molar-refractivity contribution in [3.05, 3.63) is 47.5 Å². The molecule has 1 unspecified atom stereocenters. The first kappa shape index (κ1) is 12.4. The first-order valence-electron chi connectivity index (χ1n) is 7.39. The number of fused-ring (bicyclic) bond motifs is 3. The number of benzene rings is 1. The lowest BCUT2D eigenvalue weighted by atomic mass is 10.1. The third kappa shape index (κ3) is 1.92. The van der Waals surface area contributed by atoms with Crippen LogP contribution in [0.2, 0.25) is 0 Å². The van der Waals surface area contributed by atoms with Crippen LogP contribution in [0.5, 0.6) is 0 Å². The molecule has 0 aliphatic carbocycles. The molecule has 3 heterocycles. The maximum absolute atomic E-state index is 12.8. The van der Waals surface area contributed by atoms with Crippen LogP contribution in [0.4, 0.5) is 10.5 Å². The molecule has 0 radical (unpaired) electrons. The van der Waals surface area contributed by atoms with Crippen molar-refractivity contribution < 1.29 is 4.79 Å². The Hall–Kier alpha value is -2.30. The zero-order valence-electron chi connectivity index (χ0n) is 12.0. The highest BCUT2D eigenvalue weighted by Gasteiger charge is 2.39. The average molecular weight is 282 g/mol.